The molecule has 0 spiro atoms. The van der Waals surface area contributed by atoms with Gasteiger partial charge in [0.1, 0.15) is 0 Å². The van der Waals surface area contributed by atoms with E-state index in [-0.39, 0.29) is 0 Å². The van der Waals surface area contributed by atoms with E-state index in [2.05, 4.69) is 123 Å². The molecule has 0 unspecified atom stereocenters. The van der Waals surface area contributed by atoms with E-state index in [9.17, 15) is 5.26 Å². The van der Waals surface area contributed by atoms with Gasteiger partial charge in [-0.05, 0) is 76.9 Å². The predicted octanol–water partition coefficient (Wildman–Crippen LogP) is 11.6. The molecular weight excluding hydrogens is 585 g/mol. The quantitative estimate of drug-likeness (QED) is 0.183. The van der Waals surface area contributed by atoms with Gasteiger partial charge in [-0.1, -0.05) is 103 Å². The zero-order chi connectivity index (χ0) is 32.2. The molecule has 0 amide bonds. The van der Waals surface area contributed by atoms with E-state index in [1.165, 1.54) is 16.3 Å². The smallest absolute Gasteiger partial charge is 0.196 e. The summed E-state index contributed by atoms with van der Waals surface area (Å²) in [5.74, 6) is 0. The summed E-state index contributed by atoms with van der Waals surface area (Å²) in [5.41, 5.74) is 11.2. The summed E-state index contributed by atoms with van der Waals surface area (Å²) in [6.45, 7) is 7.90. The van der Waals surface area contributed by atoms with Crippen LogP contribution >= 0.6 is 0 Å². The lowest BCUT2D eigenvalue weighted by Gasteiger charge is -2.14. The lowest BCUT2D eigenvalue weighted by atomic mass is 9.97. The number of hydrogen-bond acceptors (Lipinski definition) is 1. The first-order valence-corrected chi connectivity index (χ1v) is 15.9. The Balaban J connectivity index is 1.33. The van der Waals surface area contributed by atoms with E-state index in [4.69, 9.17) is 6.57 Å². The number of aromatic nitrogens is 2. The maximum absolute atomic E-state index is 10.4. The van der Waals surface area contributed by atoms with Crippen molar-refractivity contribution >= 4 is 49.3 Å². The number of hydrogen-bond donors (Lipinski definition) is 0. The van der Waals surface area contributed by atoms with Crippen LogP contribution in [0.3, 0.4) is 0 Å². The number of benzene rings is 7. The van der Waals surface area contributed by atoms with E-state index in [1.807, 2.05) is 48.5 Å². The number of nitrogens with zero attached hydrogens (tertiary/aromatic N) is 4. The van der Waals surface area contributed by atoms with Gasteiger partial charge in [0.2, 0.25) is 0 Å². The van der Waals surface area contributed by atoms with Gasteiger partial charge in [-0.3, -0.25) is 0 Å². The minimum absolute atomic E-state index is 0.462. The molecule has 0 aliphatic rings. The third-order valence-corrected chi connectivity index (χ3v) is 9.38. The summed E-state index contributed by atoms with van der Waals surface area (Å²) in [6.07, 6.45) is 0. The second kappa shape index (κ2) is 10.9. The molecule has 0 fully saturated rings. The van der Waals surface area contributed by atoms with Crippen LogP contribution in [0.5, 0.6) is 0 Å². The topological polar surface area (TPSA) is 38.0 Å². The Morgan fingerprint density at radius 1 is 0.500 bits per heavy atom. The molecule has 0 aliphatic carbocycles. The first-order chi connectivity index (χ1) is 23.7. The Hall–Kier alpha value is -6.88. The van der Waals surface area contributed by atoms with Crippen LogP contribution in [0.1, 0.15) is 5.56 Å². The van der Waals surface area contributed by atoms with Crippen LogP contribution < -0.4 is 0 Å². The summed E-state index contributed by atoms with van der Waals surface area (Å²) in [6, 6.07) is 56.8. The fraction of sp³-hybridized carbons (Fsp3) is 0. The van der Waals surface area contributed by atoms with E-state index < -0.39 is 0 Å². The van der Waals surface area contributed by atoms with E-state index >= 15 is 0 Å². The zero-order valence-electron chi connectivity index (χ0n) is 25.8. The van der Waals surface area contributed by atoms with Crippen molar-refractivity contribution in [2.75, 3.05) is 0 Å². The average Bonchev–Trinajstić information content (AvgIpc) is 3.67. The van der Waals surface area contributed by atoms with Gasteiger partial charge >= 0.3 is 0 Å². The molecule has 4 heteroatoms. The number of fused-ring (bicyclic) bond motifs is 6. The average molecular weight is 611 g/mol. The van der Waals surface area contributed by atoms with E-state index in [0.29, 0.717) is 11.3 Å². The van der Waals surface area contributed by atoms with Crippen LogP contribution in [0.4, 0.5) is 5.69 Å². The zero-order valence-corrected chi connectivity index (χ0v) is 25.8. The summed E-state index contributed by atoms with van der Waals surface area (Å²) < 4.78 is 4.52. The number of nitriles is 1. The first kappa shape index (κ1) is 27.4. The van der Waals surface area contributed by atoms with Gasteiger partial charge in [0.25, 0.3) is 0 Å². The Labute approximate surface area is 277 Å². The molecular formula is C44H26N4. The van der Waals surface area contributed by atoms with Crippen molar-refractivity contribution in [3.05, 3.63) is 175 Å². The molecule has 9 rings (SSSR count). The highest BCUT2D eigenvalue weighted by atomic mass is 15.0. The van der Waals surface area contributed by atoms with Gasteiger partial charge in [0, 0.05) is 27.2 Å². The second-order valence-electron chi connectivity index (χ2n) is 11.9. The molecule has 2 heterocycles. The highest BCUT2D eigenvalue weighted by Gasteiger charge is 2.21. The normalized spacial score (nSPS) is 11.3. The van der Waals surface area contributed by atoms with Crippen LogP contribution in [0.15, 0.2) is 158 Å². The van der Waals surface area contributed by atoms with Crippen LogP contribution in [0, 0.1) is 17.9 Å². The SMILES string of the molecule is [C-]#[N+]c1cc(C#N)c(-n2c3ccccc3c3c(-c4ccc5c(c4)c4ccccc4n5-c4ccccc4)cccc32)cc1-c1ccccc1. The standard InChI is InChI=1S/C44H26N4/c1-46-38-26-31(28-45)43(27-36(38)29-13-4-2-5-14-29)48-40-21-11-9-18-35(40)44-33(19-12-22-42(44)48)30-23-24-41-37(25-30)34-17-8-10-20-39(34)47(41)32-15-6-3-7-16-32/h2-27H. The fourth-order valence-corrected chi connectivity index (χ4v) is 7.31. The molecule has 0 bridgehead atoms. The Morgan fingerprint density at radius 2 is 1.15 bits per heavy atom. The molecule has 9 aromatic rings. The van der Waals surface area contributed by atoms with E-state index in [1.54, 1.807) is 6.07 Å². The molecule has 4 nitrogen and oxygen atoms in total. The third kappa shape index (κ3) is 4.07. The molecule has 2 aromatic heterocycles. The van der Waals surface area contributed by atoms with Gasteiger partial charge in [-0.15, -0.1) is 0 Å². The Bertz CT molecular complexity index is 2790. The monoisotopic (exact) mass is 610 g/mol. The summed E-state index contributed by atoms with van der Waals surface area (Å²) >= 11 is 0. The maximum Gasteiger partial charge on any atom is 0.196 e. The fourth-order valence-electron chi connectivity index (χ4n) is 7.31. The lowest BCUT2D eigenvalue weighted by Crippen LogP contribution is -1.98. The van der Waals surface area contributed by atoms with Gasteiger partial charge in [0.05, 0.1) is 46.0 Å². The van der Waals surface area contributed by atoms with Gasteiger partial charge < -0.3 is 9.13 Å². The van der Waals surface area contributed by atoms with Crippen LogP contribution in [0.25, 0.3) is 82.1 Å². The number of rotatable bonds is 4. The minimum atomic E-state index is 0.462. The van der Waals surface area contributed by atoms with Gasteiger partial charge in [-0.2, -0.15) is 5.26 Å². The lowest BCUT2D eigenvalue weighted by molar-refractivity contribution is 1.17. The molecule has 0 saturated heterocycles. The summed E-state index contributed by atoms with van der Waals surface area (Å²) in [5, 5.41) is 15.0. The highest BCUT2D eigenvalue weighted by Crippen LogP contribution is 2.43. The largest absolute Gasteiger partial charge is 0.309 e. The first-order valence-electron chi connectivity index (χ1n) is 15.9. The van der Waals surface area contributed by atoms with Crippen molar-refractivity contribution in [1.29, 1.82) is 5.26 Å². The van der Waals surface area contributed by atoms with Crippen LogP contribution in [0.2, 0.25) is 0 Å². The van der Waals surface area contributed by atoms with Crippen molar-refractivity contribution in [3.8, 4) is 39.7 Å². The summed E-state index contributed by atoms with van der Waals surface area (Å²) in [4.78, 5) is 3.81. The number of para-hydroxylation sites is 3. The predicted molar refractivity (Wildman–Crippen MR) is 197 cm³/mol. The Morgan fingerprint density at radius 3 is 1.90 bits per heavy atom. The molecule has 0 aliphatic heterocycles. The molecule has 0 radical (unpaired) electrons. The second-order valence-corrected chi connectivity index (χ2v) is 11.9. The van der Waals surface area contributed by atoms with Crippen LogP contribution in [-0.2, 0) is 0 Å². The maximum atomic E-state index is 10.4. The molecule has 0 saturated carbocycles. The third-order valence-electron chi connectivity index (χ3n) is 9.38. The molecule has 0 atom stereocenters. The van der Waals surface area contributed by atoms with Crippen molar-refractivity contribution in [3.63, 3.8) is 0 Å². The van der Waals surface area contributed by atoms with Crippen molar-refractivity contribution in [2.45, 2.75) is 0 Å². The molecule has 48 heavy (non-hydrogen) atoms. The summed E-state index contributed by atoms with van der Waals surface area (Å²) in [7, 11) is 0. The van der Waals surface area contributed by atoms with Crippen LogP contribution in [-0.4, -0.2) is 9.13 Å². The van der Waals surface area contributed by atoms with Crippen molar-refractivity contribution < 1.29 is 0 Å². The van der Waals surface area contributed by atoms with E-state index in [0.717, 1.165) is 61.0 Å². The Kier molecular flexibility index (Phi) is 6.22. The molecule has 7 aromatic carbocycles. The molecule has 222 valence electrons. The molecule has 0 N–H and O–H groups in total. The minimum Gasteiger partial charge on any atom is -0.309 e. The van der Waals surface area contributed by atoms with Gasteiger partial charge in [-0.25, -0.2) is 4.85 Å². The van der Waals surface area contributed by atoms with Crippen molar-refractivity contribution in [1.82, 2.24) is 9.13 Å². The van der Waals surface area contributed by atoms with Crippen molar-refractivity contribution in [2.24, 2.45) is 0 Å². The highest BCUT2D eigenvalue weighted by molar-refractivity contribution is 6.17. The van der Waals surface area contributed by atoms with Gasteiger partial charge in [0.15, 0.2) is 5.69 Å².